The van der Waals surface area contributed by atoms with E-state index in [0.717, 1.165) is 10.7 Å². The molecular formula is C10H11N3O2S. The first kappa shape index (κ1) is 10.8. The Balaban J connectivity index is 2.53. The van der Waals surface area contributed by atoms with Gasteiger partial charge in [-0.15, -0.1) is 11.3 Å². The summed E-state index contributed by atoms with van der Waals surface area (Å²) in [6.45, 7) is 1.91. The molecule has 0 spiro atoms. The van der Waals surface area contributed by atoms with E-state index in [2.05, 4.69) is 10.1 Å². The Morgan fingerprint density at radius 3 is 2.88 bits per heavy atom. The van der Waals surface area contributed by atoms with Crippen molar-refractivity contribution in [3.8, 4) is 10.6 Å². The number of hydrogen-bond acceptors (Lipinski definition) is 5. The third kappa shape index (κ3) is 1.71. The Bertz CT molecular complexity index is 530. The summed E-state index contributed by atoms with van der Waals surface area (Å²) in [4.78, 5) is 15.9. The minimum atomic E-state index is -0.400. The molecule has 2 rings (SSSR count). The molecule has 2 aromatic rings. The first-order valence-corrected chi connectivity index (χ1v) is 5.54. The summed E-state index contributed by atoms with van der Waals surface area (Å²) >= 11 is 1.49. The van der Waals surface area contributed by atoms with Crippen LogP contribution in [0.4, 0.5) is 0 Å². The maximum Gasteiger partial charge on any atom is 0.357 e. The Morgan fingerprint density at radius 1 is 1.56 bits per heavy atom. The van der Waals surface area contributed by atoms with Crippen molar-refractivity contribution >= 4 is 17.3 Å². The summed E-state index contributed by atoms with van der Waals surface area (Å²) in [5, 5.41) is 6.77. The molecule has 0 aliphatic carbocycles. The fourth-order valence-electron chi connectivity index (χ4n) is 1.41. The van der Waals surface area contributed by atoms with Gasteiger partial charge in [0.15, 0.2) is 5.69 Å². The zero-order chi connectivity index (χ0) is 11.7. The Morgan fingerprint density at radius 2 is 2.31 bits per heavy atom. The van der Waals surface area contributed by atoms with E-state index in [9.17, 15) is 4.79 Å². The smallest absolute Gasteiger partial charge is 0.357 e. The number of thiazole rings is 1. The molecule has 5 nitrogen and oxygen atoms in total. The van der Waals surface area contributed by atoms with Crippen LogP contribution in [0.3, 0.4) is 0 Å². The number of methoxy groups -OCH3 is 1. The number of carbonyl (C=O) groups is 1. The van der Waals surface area contributed by atoms with Gasteiger partial charge in [0.2, 0.25) is 0 Å². The first-order valence-electron chi connectivity index (χ1n) is 4.66. The molecular weight excluding hydrogens is 226 g/mol. The average molecular weight is 237 g/mol. The second-order valence-electron chi connectivity index (χ2n) is 3.32. The lowest BCUT2D eigenvalue weighted by Crippen LogP contribution is -2.09. The third-order valence-corrected chi connectivity index (χ3v) is 3.16. The molecule has 0 saturated carbocycles. The highest BCUT2D eigenvalue weighted by atomic mass is 32.1. The maximum absolute atomic E-state index is 11.6. The SMILES string of the molecule is COC(=O)c1c(-c2nc(C)cs2)cnn1C. The highest BCUT2D eigenvalue weighted by Crippen LogP contribution is 2.26. The van der Waals surface area contributed by atoms with Crippen LogP contribution >= 0.6 is 11.3 Å². The highest BCUT2D eigenvalue weighted by Gasteiger charge is 2.20. The van der Waals surface area contributed by atoms with Gasteiger partial charge >= 0.3 is 5.97 Å². The van der Waals surface area contributed by atoms with Crippen LogP contribution in [0.25, 0.3) is 10.6 Å². The minimum Gasteiger partial charge on any atom is -0.464 e. The van der Waals surface area contributed by atoms with Gasteiger partial charge in [0.1, 0.15) is 5.01 Å². The number of carbonyl (C=O) groups excluding carboxylic acids is 1. The molecule has 0 radical (unpaired) electrons. The summed E-state index contributed by atoms with van der Waals surface area (Å²) in [6.07, 6.45) is 1.63. The molecule has 0 N–H and O–H groups in total. The van der Waals surface area contributed by atoms with Gasteiger partial charge in [-0.3, -0.25) is 4.68 Å². The van der Waals surface area contributed by atoms with Crippen molar-refractivity contribution in [2.75, 3.05) is 7.11 Å². The zero-order valence-electron chi connectivity index (χ0n) is 9.22. The molecule has 0 aliphatic rings. The van der Waals surface area contributed by atoms with E-state index in [1.165, 1.54) is 23.1 Å². The Labute approximate surface area is 96.7 Å². The summed E-state index contributed by atoms with van der Waals surface area (Å²) in [6, 6.07) is 0. The summed E-state index contributed by atoms with van der Waals surface area (Å²) < 4.78 is 6.22. The van der Waals surface area contributed by atoms with Gasteiger partial charge in [0, 0.05) is 18.1 Å². The molecule has 84 valence electrons. The standard InChI is InChI=1S/C10H11N3O2S/c1-6-5-16-9(12-6)7-4-11-13(2)8(7)10(14)15-3/h4-5H,1-3H3. The quantitative estimate of drug-likeness (QED) is 0.745. The molecule has 0 bridgehead atoms. The van der Waals surface area contributed by atoms with E-state index in [1.807, 2.05) is 12.3 Å². The summed E-state index contributed by atoms with van der Waals surface area (Å²) in [5.41, 5.74) is 2.07. The van der Waals surface area contributed by atoms with Crippen molar-refractivity contribution in [3.05, 3.63) is 23.0 Å². The summed E-state index contributed by atoms with van der Waals surface area (Å²) in [5.74, 6) is -0.400. The first-order chi connectivity index (χ1) is 7.63. The fraction of sp³-hybridized carbons (Fsp3) is 0.300. The molecule has 0 aromatic carbocycles. The number of hydrogen-bond donors (Lipinski definition) is 0. The lowest BCUT2D eigenvalue weighted by Gasteiger charge is -2.01. The van der Waals surface area contributed by atoms with Crippen LogP contribution in [0.15, 0.2) is 11.6 Å². The van der Waals surface area contributed by atoms with Crippen LogP contribution in [0, 0.1) is 6.92 Å². The molecule has 2 heterocycles. The van der Waals surface area contributed by atoms with Crippen molar-refractivity contribution in [1.82, 2.24) is 14.8 Å². The predicted octanol–water partition coefficient (Wildman–Crippen LogP) is 1.64. The number of rotatable bonds is 2. The van der Waals surface area contributed by atoms with Crippen LogP contribution in [-0.2, 0) is 11.8 Å². The van der Waals surface area contributed by atoms with Gasteiger partial charge in [-0.25, -0.2) is 9.78 Å². The van der Waals surface area contributed by atoms with E-state index in [4.69, 9.17) is 4.74 Å². The Kier molecular flexibility index (Phi) is 2.74. The highest BCUT2D eigenvalue weighted by molar-refractivity contribution is 7.13. The van der Waals surface area contributed by atoms with Crippen molar-refractivity contribution in [2.24, 2.45) is 7.05 Å². The lowest BCUT2D eigenvalue weighted by atomic mass is 10.2. The van der Waals surface area contributed by atoms with Crippen LogP contribution in [0.5, 0.6) is 0 Å². The maximum atomic E-state index is 11.6. The van der Waals surface area contributed by atoms with Crippen molar-refractivity contribution in [2.45, 2.75) is 6.92 Å². The second-order valence-corrected chi connectivity index (χ2v) is 4.17. The number of aryl methyl sites for hydroxylation is 2. The van der Waals surface area contributed by atoms with Crippen LogP contribution in [0.1, 0.15) is 16.2 Å². The van der Waals surface area contributed by atoms with Crippen molar-refractivity contribution < 1.29 is 9.53 Å². The van der Waals surface area contributed by atoms with Crippen molar-refractivity contribution in [3.63, 3.8) is 0 Å². The van der Waals surface area contributed by atoms with Gasteiger partial charge in [0.05, 0.1) is 18.9 Å². The molecule has 0 unspecified atom stereocenters. The molecule has 16 heavy (non-hydrogen) atoms. The molecule has 0 fully saturated rings. The van der Waals surface area contributed by atoms with Gasteiger partial charge < -0.3 is 4.74 Å². The van der Waals surface area contributed by atoms with E-state index >= 15 is 0 Å². The third-order valence-electron chi connectivity index (χ3n) is 2.17. The monoisotopic (exact) mass is 237 g/mol. The fourth-order valence-corrected chi connectivity index (χ4v) is 2.22. The van der Waals surface area contributed by atoms with Gasteiger partial charge in [0.25, 0.3) is 0 Å². The summed E-state index contributed by atoms with van der Waals surface area (Å²) in [7, 11) is 3.06. The predicted molar refractivity (Wildman–Crippen MR) is 60.4 cm³/mol. The van der Waals surface area contributed by atoms with E-state index in [1.54, 1.807) is 13.2 Å². The van der Waals surface area contributed by atoms with E-state index in [-0.39, 0.29) is 0 Å². The van der Waals surface area contributed by atoms with Gasteiger partial charge in [-0.2, -0.15) is 5.10 Å². The van der Waals surface area contributed by atoms with E-state index in [0.29, 0.717) is 11.3 Å². The average Bonchev–Trinajstić information content (AvgIpc) is 2.83. The second kappa shape index (κ2) is 4.05. The largest absolute Gasteiger partial charge is 0.464 e. The number of ether oxygens (including phenoxy) is 1. The van der Waals surface area contributed by atoms with Gasteiger partial charge in [-0.1, -0.05) is 0 Å². The van der Waals surface area contributed by atoms with E-state index < -0.39 is 5.97 Å². The molecule has 6 heteroatoms. The topological polar surface area (TPSA) is 57.0 Å². The molecule has 0 aliphatic heterocycles. The molecule has 0 atom stereocenters. The number of esters is 1. The lowest BCUT2D eigenvalue weighted by molar-refractivity contribution is 0.0589. The van der Waals surface area contributed by atoms with Gasteiger partial charge in [-0.05, 0) is 6.92 Å². The van der Waals surface area contributed by atoms with Crippen LogP contribution < -0.4 is 0 Å². The molecule has 0 amide bonds. The number of nitrogens with zero attached hydrogens (tertiary/aromatic N) is 3. The van der Waals surface area contributed by atoms with Crippen molar-refractivity contribution in [1.29, 1.82) is 0 Å². The molecule has 2 aromatic heterocycles. The number of aromatic nitrogens is 3. The minimum absolute atomic E-state index is 0.400. The zero-order valence-corrected chi connectivity index (χ0v) is 10.0. The Hall–Kier alpha value is -1.69. The van der Waals surface area contributed by atoms with Crippen LogP contribution in [0.2, 0.25) is 0 Å². The normalized spacial score (nSPS) is 10.4. The van der Waals surface area contributed by atoms with Crippen LogP contribution in [-0.4, -0.2) is 27.8 Å². The molecule has 0 saturated heterocycles.